The molecule has 0 atom stereocenters. The van der Waals surface area contributed by atoms with Gasteiger partial charge in [0.25, 0.3) is 0 Å². The lowest BCUT2D eigenvalue weighted by molar-refractivity contribution is 0.104. The summed E-state index contributed by atoms with van der Waals surface area (Å²) in [6.07, 6.45) is 0. The van der Waals surface area contributed by atoms with Crippen molar-refractivity contribution in [3.05, 3.63) is 65.7 Å². The predicted octanol–water partition coefficient (Wildman–Crippen LogP) is 2.85. The van der Waals surface area contributed by atoms with Gasteiger partial charge in [-0.3, -0.25) is 4.79 Å². The lowest BCUT2D eigenvalue weighted by atomic mass is 9.87. The molecule has 0 heterocycles. The third kappa shape index (κ3) is 1.29. The van der Waals surface area contributed by atoms with Crippen LogP contribution >= 0.6 is 0 Å². The zero-order chi connectivity index (χ0) is 13.0. The fourth-order valence-corrected chi connectivity index (χ4v) is 2.91. The highest BCUT2D eigenvalue weighted by molar-refractivity contribution is 6.42. The molecule has 0 fully saturated rings. The number of hydrogen-bond donors (Lipinski definition) is 0. The second-order valence-corrected chi connectivity index (χ2v) is 4.81. The van der Waals surface area contributed by atoms with Crippen molar-refractivity contribution in [1.82, 2.24) is 0 Å². The molecule has 4 rings (SSSR count). The van der Waals surface area contributed by atoms with E-state index in [4.69, 9.17) is 7.85 Å². The molecule has 0 N–H and O–H groups in total. The van der Waals surface area contributed by atoms with Crippen LogP contribution < -0.4 is 5.46 Å². The van der Waals surface area contributed by atoms with Crippen LogP contribution in [0.1, 0.15) is 15.9 Å². The average Bonchev–Trinajstić information content (AvgIpc) is 2.74. The van der Waals surface area contributed by atoms with E-state index in [0.717, 1.165) is 27.5 Å². The maximum absolute atomic E-state index is 12.6. The summed E-state index contributed by atoms with van der Waals surface area (Å²) in [5, 5.41) is 2.08. The van der Waals surface area contributed by atoms with Gasteiger partial charge < -0.3 is 0 Å². The van der Waals surface area contributed by atoms with E-state index in [1.807, 2.05) is 42.5 Å². The molecule has 0 aliphatic heterocycles. The van der Waals surface area contributed by atoms with Gasteiger partial charge in [-0.15, -0.1) is 0 Å². The highest BCUT2D eigenvalue weighted by atomic mass is 16.1. The summed E-state index contributed by atoms with van der Waals surface area (Å²) in [4.78, 5) is 12.6. The van der Waals surface area contributed by atoms with Gasteiger partial charge in [-0.2, -0.15) is 0 Å². The smallest absolute Gasteiger partial charge is 0.194 e. The minimum atomic E-state index is 0.0416. The van der Waals surface area contributed by atoms with Gasteiger partial charge in [0.05, 0.1) is 0 Å². The highest BCUT2D eigenvalue weighted by Gasteiger charge is 2.29. The molecular formula is C17H9BO. The van der Waals surface area contributed by atoms with Gasteiger partial charge in [0.1, 0.15) is 7.85 Å². The van der Waals surface area contributed by atoms with Crippen molar-refractivity contribution in [2.24, 2.45) is 0 Å². The molecule has 1 aliphatic carbocycles. The Kier molecular flexibility index (Phi) is 1.99. The SMILES string of the molecule is [B]c1cccc2c1C(=O)c1c-2ccc2ccccc12. The number of rotatable bonds is 0. The van der Waals surface area contributed by atoms with Crippen molar-refractivity contribution < 1.29 is 4.79 Å². The van der Waals surface area contributed by atoms with Crippen molar-refractivity contribution in [3.8, 4) is 11.1 Å². The van der Waals surface area contributed by atoms with Crippen molar-refractivity contribution in [1.29, 1.82) is 0 Å². The second-order valence-electron chi connectivity index (χ2n) is 4.81. The van der Waals surface area contributed by atoms with Crippen molar-refractivity contribution in [2.75, 3.05) is 0 Å². The van der Waals surface area contributed by atoms with E-state index in [1.165, 1.54) is 0 Å². The molecule has 19 heavy (non-hydrogen) atoms. The Hall–Kier alpha value is -2.35. The van der Waals surface area contributed by atoms with E-state index in [-0.39, 0.29) is 5.78 Å². The zero-order valence-electron chi connectivity index (χ0n) is 10.2. The van der Waals surface area contributed by atoms with E-state index < -0.39 is 0 Å². The van der Waals surface area contributed by atoms with E-state index in [1.54, 1.807) is 6.07 Å². The summed E-state index contributed by atoms with van der Waals surface area (Å²) in [6.45, 7) is 0. The van der Waals surface area contributed by atoms with Gasteiger partial charge in [-0.25, -0.2) is 0 Å². The molecule has 0 amide bonds. The summed E-state index contributed by atoms with van der Waals surface area (Å²) in [6, 6.07) is 17.7. The molecule has 86 valence electrons. The summed E-state index contributed by atoms with van der Waals surface area (Å²) in [7, 11) is 5.96. The topological polar surface area (TPSA) is 17.1 Å². The van der Waals surface area contributed by atoms with Crippen LogP contribution in [0.2, 0.25) is 0 Å². The zero-order valence-corrected chi connectivity index (χ0v) is 10.2. The average molecular weight is 240 g/mol. The summed E-state index contributed by atoms with van der Waals surface area (Å²) in [5.41, 5.74) is 3.93. The fraction of sp³-hybridized carbons (Fsp3) is 0. The van der Waals surface area contributed by atoms with Crippen LogP contribution in [0.15, 0.2) is 54.6 Å². The Morgan fingerprint density at radius 1 is 0.737 bits per heavy atom. The van der Waals surface area contributed by atoms with E-state index in [0.29, 0.717) is 11.0 Å². The molecule has 2 radical (unpaired) electrons. The van der Waals surface area contributed by atoms with Gasteiger partial charge in [-0.05, 0) is 21.9 Å². The molecule has 0 aromatic heterocycles. The van der Waals surface area contributed by atoms with Crippen LogP contribution in [-0.4, -0.2) is 13.6 Å². The van der Waals surface area contributed by atoms with Crippen molar-refractivity contribution >= 4 is 29.9 Å². The Morgan fingerprint density at radius 3 is 2.42 bits per heavy atom. The lowest BCUT2D eigenvalue weighted by Gasteiger charge is -2.04. The number of carbonyl (C=O) groups is 1. The lowest BCUT2D eigenvalue weighted by Crippen LogP contribution is -2.13. The van der Waals surface area contributed by atoms with Gasteiger partial charge >= 0.3 is 0 Å². The predicted molar refractivity (Wildman–Crippen MR) is 78.2 cm³/mol. The third-order valence-electron chi connectivity index (χ3n) is 3.77. The van der Waals surface area contributed by atoms with Crippen molar-refractivity contribution in [2.45, 2.75) is 0 Å². The van der Waals surface area contributed by atoms with Crippen LogP contribution in [0.25, 0.3) is 21.9 Å². The number of benzene rings is 3. The van der Waals surface area contributed by atoms with Crippen LogP contribution in [0.4, 0.5) is 0 Å². The minimum Gasteiger partial charge on any atom is -0.289 e. The van der Waals surface area contributed by atoms with Crippen LogP contribution in [0, 0.1) is 0 Å². The van der Waals surface area contributed by atoms with Crippen LogP contribution in [-0.2, 0) is 0 Å². The molecular weight excluding hydrogens is 231 g/mol. The second kappa shape index (κ2) is 3.58. The van der Waals surface area contributed by atoms with Crippen LogP contribution in [0.5, 0.6) is 0 Å². The number of ketones is 1. The summed E-state index contributed by atoms with van der Waals surface area (Å²) in [5.74, 6) is 0.0416. The molecule has 3 aromatic rings. The molecule has 0 unspecified atom stereocenters. The highest BCUT2D eigenvalue weighted by Crippen LogP contribution is 2.39. The largest absolute Gasteiger partial charge is 0.289 e. The standard InChI is InChI=1S/C17H9BO/c18-14-7-3-6-12-13-9-8-10-4-1-2-5-11(10)15(13)17(19)16(12)14/h1-9H. The monoisotopic (exact) mass is 240 g/mol. The number of hydrogen-bond acceptors (Lipinski definition) is 1. The number of carbonyl (C=O) groups excluding carboxylic acids is 1. The molecule has 1 aliphatic rings. The quantitative estimate of drug-likeness (QED) is 0.432. The maximum Gasteiger partial charge on any atom is 0.194 e. The molecule has 0 spiro atoms. The van der Waals surface area contributed by atoms with Gasteiger partial charge in [0.2, 0.25) is 0 Å². The van der Waals surface area contributed by atoms with Crippen molar-refractivity contribution in [3.63, 3.8) is 0 Å². The first-order valence-corrected chi connectivity index (χ1v) is 6.22. The van der Waals surface area contributed by atoms with Crippen LogP contribution in [0.3, 0.4) is 0 Å². The van der Waals surface area contributed by atoms with E-state index >= 15 is 0 Å². The van der Waals surface area contributed by atoms with E-state index in [2.05, 4.69) is 6.07 Å². The number of fused-ring (bicyclic) bond motifs is 5. The molecule has 1 nitrogen and oxygen atoms in total. The maximum atomic E-state index is 12.6. The molecule has 0 saturated carbocycles. The Balaban J connectivity index is 2.18. The fourth-order valence-electron chi connectivity index (χ4n) is 2.91. The normalized spacial score (nSPS) is 12.5. The van der Waals surface area contributed by atoms with Gasteiger partial charge in [0.15, 0.2) is 5.78 Å². The first kappa shape index (κ1) is 10.6. The molecule has 3 aromatic carbocycles. The van der Waals surface area contributed by atoms with Gasteiger partial charge in [-0.1, -0.05) is 60.1 Å². The molecule has 0 bridgehead atoms. The molecule has 2 heteroatoms. The summed E-state index contributed by atoms with van der Waals surface area (Å²) >= 11 is 0. The first-order chi connectivity index (χ1) is 9.27. The Bertz CT molecular complexity index is 849. The minimum absolute atomic E-state index is 0.0416. The third-order valence-corrected chi connectivity index (χ3v) is 3.77. The Labute approximate surface area is 112 Å². The first-order valence-electron chi connectivity index (χ1n) is 6.22. The van der Waals surface area contributed by atoms with Gasteiger partial charge in [0, 0.05) is 11.1 Å². The summed E-state index contributed by atoms with van der Waals surface area (Å²) < 4.78 is 0. The van der Waals surface area contributed by atoms with E-state index in [9.17, 15) is 4.79 Å². The Morgan fingerprint density at radius 2 is 1.53 bits per heavy atom. The molecule has 0 saturated heterocycles.